The Balaban J connectivity index is 2.37. The number of amides is 2. The van der Waals surface area contributed by atoms with Gasteiger partial charge in [-0.1, -0.05) is 24.9 Å². The van der Waals surface area contributed by atoms with Gasteiger partial charge in [-0.3, -0.25) is 14.5 Å². The molecule has 2 atom stereocenters. The lowest BCUT2D eigenvalue weighted by Gasteiger charge is -2.37. The molecule has 0 aliphatic carbocycles. The van der Waals surface area contributed by atoms with E-state index in [9.17, 15) is 14.0 Å². The van der Waals surface area contributed by atoms with E-state index in [0.717, 1.165) is 6.42 Å². The lowest BCUT2D eigenvalue weighted by atomic mass is 10.0. The summed E-state index contributed by atoms with van der Waals surface area (Å²) in [5.41, 5.74) is 0.435. The maximum Gasteiger partial charge on any atom is 0.250 e. The molecule has 0 bridgehead atoms. The number of hydrogen-bond acceptors (Lipinski definition) is 2. The van der Waals surface area contributed by atoms with Crippen LogP contribution in [0.25, 0.3) is 0 Å². The van der Waals surface area contributed by atoms with Crippen molar-refractivity contribution in [2.75, 3.05) is 4.90 Å². The monoisotopic (exact) mass is 298 g/mol. The molecule has 108 valence electrons. The van der Waals surface area contributed by atoms with Gasteiger partial charge in [-0.15, -0.1) is 0 Å². The van der Waals surface area contributed by atoms with Gasteiger partial charge in [0, 0.05) is 5.69 Å². The van der Waals surface area contributed by atoms with Crippen molar-refractivity contribution in [2.45, 2.75) is 38.8 Å². The minimum absolute atomic E-state index is 0.0690. The van der Waals surface area contributed by atoms with Crippen molar-refractivity contribution in [3.05, 3.63) is 29.0 Å². The van der Waals surface area contributed by atoms with Crippen molar-refractivity contribution >= 4 is 29.1 Å². The molecule has 1 N–H and O–H groups in total. The summed E-state index contributed by atoms with van der Waals surface area (Å²) in [5.74, 6) is -0.966. The summed E-state index contributed by atoms with van der Waals surface area (Å²) in [6, 6.07) is 2.84. The van der Waals surface area contributed by atoms with Gasteiger partial charge >= 0.3 is 0 Å². The van der Waals surface area contributed by atoms with Crippen LogP contribution in [0.2, 0.25) is 5.02 Å². The van der Waals surface area contributed by atoms with E-state index in [1.807, 2.05) is 6.92 Å². The Morgan fingerprint density at radius 2 is 2.10 bits per heavy atom. The molecular weight excluding hydrogens is 283 g/mol. The Morgan fingerprint density at radius 3 is 2.70 bits per heavy atom. The van der Waals surface area contributed by atoms with Crippen LogP contribution in [0.4, 0.5) is 10.1 Å². The molecule has 1 aliphatic heterocycles. The molecule has 0 radical (unpaired) electrons. The number of hydrogen-bond donors (Lipinski definition) is 1. The van der Waals surface area contributed by atoms with E-state index in [4.69, 9.17) is 11.6 Å². The van der Waals surface area contributed by atoms with Gasteiger partial charge in [0.05, 0.1) is 5.02 Å². The third kappa shape index (κ3) is 2.63. The third-order valence-electron chi connectivity index (χ3n) is 3.38. The first-order valence-electron chi connectivity index (χ1n) is 6.54. The molecule has 1 saturated heterocycles. The number of nitrogens with one attached hydrogen (secondary N) is 1. The van der Waals surface area contributed by atoms with Crippen LogP contribution in [0.3, 0.4) is 0 Å². The van der Waals surface area contributed by atoms with E-state index in [1.54, 1.807) is 6.92 Å². The van der Waals surface area contributed by atoms with Crippen molar-refractivity contribution in [3.8, 4) is 0 Å². The molecule has 2 unspecified atom stereocenters. The SMILES string of the molecule is CCCC1NC(=O)C(C)N(c2ccc(F)c(Cl)c2)C1=O. The summed E-state index contributed by atoms with van der Waals surface area (Å²) >= 11 is 5.75. The molecule has 0 spiro atoms. The molecule has 4 nitrogen and oxygen atoms in total. The highest BCUT2D eigenvalue weighted by molar-refractivity contribution is 6.31. The van der Waals surface area contributed by atoms with Gasteiger partial charge in [0.2, 0.25) is 11.8 Å². The Morgan fingerprint density at radius 1 is 1.40 bits per heavy atom. The maximum absolute atomic E-state index is 13.2. The second-order valence-electron chi connectivity index (χ2n) is 4.83. The quantitative estimate of drug-likeness (QED) is 0.932. The minimum Gasteiger partial charge on any atom is -0.342 e. The Bertz CT molecular complexity index is 550. The topological polar surface area (TPSA) is 49.4 Å². The van der Waals surface area contributed by atoms with Gasteiger partial charge in [-0.05, 0) is 31.5 Å². The summed E-state index contributed by atoms with van der Waals surface area (Å²) in [7, 11) is 0. The van der Waals surface area contributed by atoms with E-state index in [0.29, 0.717) is 12.1 Å². The summed E-state index contributed by atoms with van der Waals surface area (Å²) < 4.78 is 13.2. The van der Waals surface area contributed by atoms with E-state index >= 15 is 0 Å². The Labute approximate surface area is 121 Å². The van der Waals surface area contributed by atoms with Crippen molar-refractivity contribution < 1.29 is 14.0 Å². The highest BCUT2D eigenvalue weighted by atomic mass is 35.5. The standard InChI is InChI=1S/C14H16ClFN2O2/c1-3-4-12-14(20)18(8(2)13(19)17-12)9-5-6-11(16)10(15)7-9/h5-8,12H,3-4H2,1-2H3,(H,17,19). The highest BCUT2D eigenvalue weighted by Crippen LogP contribution is 2.27. The first-order chi connectivity index (χ1) is 9.45. The average molecular weight is 299 g/mol. The predicted molar refractivity (Wildman–Crippen MR) is 75.2 cm³/mol. The lowest BCUT2D eigenvalue weighted by Crippen LogP contribution is -2.62. The number of anilines is 1. The summed E-state index contributed by atoms with van der Waals surface area (Å²) in [6.07, 6.45) is 1.35. The number of nitrogens with zero attached hydrogens (tertiary/aromatic N) is 1. The van der Waals surface area contributed by atoms with E-state index < -0.39 is 17.9 Å². The maximum atomic E-state index is 13.2. The fourth-order valence-electron chi connectivity index (χ4n) is 2.30. The molecule has 2 amide bonds. The molecule has 0 saturated carbocycles. The van der Waals surface area contributed by atoms with Crippen LogP contribution >= 0.6 is 11.6 Å². The van der Waals surface area contributed by atoms with Crippen LogP contribution in [-0.2, 0) is 9.59 Å². The van der Waals surface area contributed by atoms with Gasteiger partial charge in [0.1, 0.15) is 17.9 Å². The molecule has 1 fully saturated rings. The molecule has 1 aromatic carbocycles. The van der Waals surface area contributed by atoms with E-state index in [1.165, 1.54) is 23.1 Å². The molecule has 0 aromatic heterocycles. The van der Waals surface area contributed by atoms with Gasteiger partial charge in [-0.25, -0.2) is 4.39 Å². The van der Waals surface area contributed by atoms with E-state index in [2.05, 4.69) is 5.32 Å². The van der Waals surface area contributed by atoms with Crippen LogP contribution < -0.4 is 10.2 Å². The zero-order chi connectivity index (χ0) is 14.9. The molecule has 1 aliphatic rings. The largest absolute Gasteiger partial charge is 0.342 e. The molecule has 1 heterocycles. The zero-order valence-electron chi connectivity index (χ0n) is 11.3. The van der Waals surface area contributed by atoms with Gasteiger partial charge < -0.3 is 5.32 Å². The number of halogens is 2. The van der Waals surface area contributed by atoms with Gasteiger partial charge in [0.15, 0.2) is 0 Å². The number of carbonyl (C=O) groups is 2. The van der Waals surface area contributed by atoms with Crippen molar-refractivity contribution in [3.63, 3.8) is 0 Å². The summed E-state index contributed by atoms with van der Waals surface area (Å²) in [4.78, 5) is 25.8. The lowest BCUT2D eigenvalue weighted by molar-refractivity contribution is -0.133. The Hall–Kier alpha value is -1.62. The average Bonchev–Trinajstić information content (AvgIpc) is 2.40. The molecule has 20 heavy (non-hydrogen) atoms. The van der Waals surface area contributed by atoms with Crippen LogP contribution in [0.15, 0.2) is 18.2 Å². The molecule has 1 aromatic rings. The Kier molecular flexibility index (Phi) is 4.28. The second kappa shape index (κ2) is 5.79. The normalized spacial score (nSPS) is 22.9. The number of rotatable bonds is 3. The van der Waals surface area contributed by atoms with E-state index in [-0.39, 0.29) is 16.8 Å². The summed E-state index contributed by atoms with van der Waals surface area (Å²) in [6.45, 7) is 3.57. The van der Waals surface area contributed by atoms with Gasteiger partial charge in [-0.2, -0.15) is 0 Å². The molecular formula is C14H16ClFN2O2. The summed E-state index contributed by atoms with van der Waals surface area (Å²) in [5, 5.41) is 2.64. The fraction of sp³-hybridized carbons (Fsp3) is 0.429. The number of carbonyl (C=O) groups excluding carboxylic acids is 2. The van der Waals surface area contributed by atoms with Crippen LogP contribution in [0.5, 0.6) is 0 Å². The van der Waals surface area contributed by atoms with Gasteiger partial charge in [0.25, 0.3) is 0 Å². The third-order valence-corrected chi connectivity index (χ3v) is 3.67. The second-order valence-corrected chi connectivity index (χ2v) is 5.24. The van der Waals surface area contributed by atoms with Crippen LogP contribution in [0, 0.1) is 5.82 Å². The number of benzene rings is 1. The zero-order valence-corrected chi connectivity index (χ0v) is 12.1. The predicted octanol–water partition coefficient (Wildman–Crippen LogP) is 2.50. The highest BCUT2D eigenvalue weighted by Gasteiger charge is 2.38. The smallest absolute Gasteiger partial charge is 0.250 e. The van der Waals surface area contributed by atoms with Crippen LogP contribution in [0.1, 0.15) is 26.7 Å². The van der Waals surface area contributed by atoms with Crippen molar-refractivity contribution in [2.24, 2.45) is 0 Å². The minimum atomic E-state index is -0.642. The first-order valence-corrected chi connectivity index (χ1v) is 6.92. The van der Waals surface area contributed by atoms with Crippen LogP contribution in [-0.4, -0.2) is 23.9 Å². The fourth-order valence-corrected chi connectivity index (χ4v) is 2.47. The first kappa shape index (κ1) is 14.8. The molecule has 6 heteroatoms. The molecule has 2 rings (SSSR count). The van der Waals surface area contributed by atoms with Crippen molar-refractivity contribution in [1.29, 1.82) is 0 Å². The number of piperazine rings is 1. The van der Waals surface area contributed by atoms with Crippen molar-refractivity contribution in [1.82, 2.24) is 5.32 Å².